The normalized spacial score (nSPS) is 20.5. The highest BCUT2D eigenvalue weighted by Crippen LogP contribution is 2.12. The summed E-state index contributed by atoms with van der Waals surface area (Å²) in [6.45, 7) is 4.99. The van der Waals surface area contributed by atoms with E-state index in [0.717, 1.165) is 25.4 Å². The molecule has 1 unspecified atom stereocenters. The summed E-state index contributed by atoms with van der Waals surface area (Å²) in [6.07, 6.45) is 0. The summed E-state index contributed by atoms with van der Waals surface area (Å²) in [7, 11) is 1.95. The van der Waals surface area contributed by atoms with Crippen molar-refractivity contribution in [1.82, 2.24) is 10.2 Å². The van der Waals surface area contributed by atoms with Gasteiger partial charge < -0.3 is 10.2 Å². The zero-order valence-electron chi connectivity index (χ0n) is 8.38. The van der Waals surface area contributed by atoms with E-state index in [1.165, 1.54) is 0 Å². The molecule has 0 aromatic heterocycles. The molecule has 0 aliphatic carbocycles. The van der Waals surface area contributed by atoms with Gasteiger partial charge in [0.2, 0.25) is 5.91 Å². The summed E-state index contributed by atoms with van der Waals surface area (Å²) in [5.74, 6) is 2.63. The Labute approximate surface area is 84.2 Å². The molecule has 1 rings (SSSR count). The maximum atomic E-state index is 11.4. The van der Waals surface area contributed by atoms with Crippen LogP contribution in [0.1, 0.15) is 6.92 Å². The van der Waals surface area contributed by atoms with E-state index in [2.05, 4.69) is 12.2 Å². The van der Waals surface area contributed by atoms with Crippen molar-refractivity contribution in [2.45, 2.75) is 6.92 Å². The molecule has 0 saturated carbocycles. The smallest absolute Gasteiger partial charge is 0.232 e. The van der Waals surface area contributed by atoms with Crippen LogP contribution in [-0.2, 0) is 4.79 Å². The first-order chi connectivity index (χ1) is 6.24. The Morgan fingerprint density at radius 1 is 1.69 bits per heavy atom. The first-order valence-electron chi connectivity index (χ1n) is 4.74. The first kappa shape index (κ1) is 10.9. The van der Waals surface area contributed by atoms with Crippen molar-refractivity contribution < 1.29 is 4.79 Å². The van der Waals surface area contributed by atoms with Crippen molar-refractivity contribution in [3.63, 3.8) is 0 Å². The molecule has 0 spiro atoms. The second-order valence-electron chi connectivity index (χ2n) is 3.56. The van der Waals surface area contributed by atoms with Crippen LogP contribution in [0.2, 0.25) is 0 Å². The molecule has 1 aliphatic heterocycles. The van der Waals surface area contributed by atoms with Crippen LogP contribution < -0.4 is 5.32 Å². The molecule has 76 valence electrons. The lowest BCUT2D eigenvalue weighted by molar-refractivity contribution is -0.129. The quantitative estimate of drug-likeness (QED) is 0.717. The number of hydrogen-bond acceptors (Lipinski definition) is 3. The van der Waals surface area contributed by atoms with E-state index in [1.807, 2.05) is 11.9 Å². The van der Waals surface area contributed by atoms with Gasteiger partial charge in [0, 0.05) is 18.8 Å². The third-order valence-corrected chi connectivity index (χ3v) is 3.09. The van der Waals surface area contributed by atoms with Crippen LogP contribution in [-0.4, -0.2) is 49.0 Å². The van der Waals surface area contributed by atoms with Crippen molar-refractivity contribution in [2.24, 2.45) is 5.92 Å². The largest absolute Gasteiger partial charge is 0.341 e. The minimum absolute atomic E-state index is 0.305. The standard InChI is InChI=1S/C9H18N2OS/c1-8(5-10-2)6-11-3-4-13-7-9(11)12/h8,10H,3-7H2,1-2H3. The Morgan fingerprint density at radius 3 is 3.08 bits per heavy atom. The minimum Gasteiger partial charge on any atom is -0.341 e. The van der Waals surface area contributed by atoms with Crippen molar-refractivity contribution in [3.8, 4) is 0 Å². The molecule has 4 heteroatoms. The molecule has 0 aromatic rings. The summed E-state index contributed by atoms with van der Waals surface area (Å²) >= 11 is 1.74. The molecule has 1 atom stereocenters. The summed E-state index contributed by atoms with van der Waals surface area (Å²) in [6, 6.07) is 0. The molecular formula is C9H18N2OS. The van der Waals surface area contributed by atoms with E-state index >= 15 is 0 Å². The summed E-state index contributed by atoms with van der Waals surface area (Å²) in [4.78, 5) is 13.4. The number of rotatable bonds is 4. The molecule has 13 heavy (non-hydrogen) atoms. The van der Waals surface area contributed by atoms with Crippen LogP contribution in [0.15, 0.2) is 0 Å². The van der Waals surface area contributed by atoms with Gasteiger partial charge >= 0.3 is 0 Å². The van der Waals surface area contributed by atoms with Gasteiger partial charge in [-0.3, -0.25) is 4.79 Å². The lowest BCUT2D eigenvalue weighted by Crippen LogP contribution is -2.42. The van der Waals surface area contributed by atoms with Crippen LogP contribution in [0, 0.1) is 5.92 Å². The summed E-state index contributed by atoms with van der Waals surface area (Å²) in [5, 5.41) is 3.13. The van der Waals surface area contributed by atoms with Gasteiger partial charge in [0.15, 0.2) is 0 Å². The van der Waals surface area contributed by atoms with Crippen LogP contribution in [0.4, 0.5) is 0 Å². The fraction of sp³-hybridized carbons (Fsp3) is 0.889. The maximum absolute atomic E-state index is 11.4. The van der Waals surface area contributed by atoms with E-state index in [1.54, 1.807) is 11.8 Å². The van der Waals surface area contributed by atoms with Crippen molar-refractivity contribution in [2.75, 3.05) is 38.2 Å². The van der Waals surface area contributed by atoms with Crippen LogP contribution >= 0.6 is 11.8 Å². The zero-order valence-corrected chi connectivity index (χ0v) is 9.19. The Balaban J connectivity index is 2.29. The van der Waals surface area contributed by atoms with E-state index in [-0.39, 0.29) is 0 Å². The number of nitrogens with zero attached hydrogens (tertiary/aromatic N) is 1. The number of carbonyl (C=O) groups is 1. The Morgan fingerprint density at radius 2 is 2.46 bits per heavy atom. The molecule has 1 aliphatic rings. The highest BCUT2D eigenvalue weighted by atomic mass is 32.2. The highest BCUT2D eigenvalue weighted by molar-refractivity contribution is 8.00. The molecule has 3 nitrogen and oxygen atoms in total. The fourth-order valence-corrected chi connectivity index (χ4v) is 2.38. The van der Waals surface area contributed by atoms with Crippen LogP contribution in [0.3, 0.4) is 0 Å². The number of nitrogens with one attached hydrogen (secondary N) is 1. The number of carbonyl (C=O) groups excluding carboxylic acids is 1. The lowest BCUT2D eigenvalue weighted by atomic mass is 10.1. The number of thioether (sulfide) groups is 1. The van der Waals surface area contributed by atoms with Gasteiger partial charge in [0.1, 0.15) is 0 Å². The van der Waals surface area contributed by atoms with E-state index in [9.17, 15) is 4.79 Å². The van der Waals surface area contributed by atoms with Crippen molar-refractivity contribution in [1.29, 1.82) is 0 Å². The van der Waals surface area contributed by atoms with Gasteiger partial charge in [-0.2, -0.15) is 11.8 Å². The molecule has 0 radical (unpaired) electrons. The molecule has 1 saturated heterocycles. The lowest BCUT2D eigenvalue weighted by Gasteiger charge is -2.28. The number of amides is 1. The molecule has 0 aromatic carbocycles. The van der Waals surface area contributed by atoms with Crippen LogP contribution in [0.5, 0.6) is 0 Å². The van der Waals surface area contributed by atoms with E-state index in [0.29, 0.717) is 17.6 Å². The third kappa shape index (κ3) is 3.56. The van der Waals surface area contributed by atoms with Gasteiger partial charge in [-0.25, -0.2) is 0 Å². The summed E-state index contributed by atoms with van der Waals surface area (Å²) in [5.41, 5.74) is 0. The summed E-state index contributed by atoms with van der Waals surface area (Å²) < 4.78 is 0. The Kier molecular flexibility index (Phi) is 4.59. The average molecular weight is 202 g/mol. The van der Waals surface area contributed by atoms with Gasteiger partial charge in [-0.05, 0) is 19.5 Å². The monoisotopic (exact) mass is 202 g/mol. The van der Waals surface area contributed by atoms with Crippen molar-refractivity contribution >= 4 is 17.7 Å². The topological polar surface area (TPSA) is 32.3 Å². The molecule has 1 N–H and O–H groups in total. The molecule has 0 bridgehead atoms. The minimum atomic E-state index is 0.305. The van der Waals surface area contributed by atoms with Gasteiger partial charge in [0.25, 0.3) is 0 Å². The van der Waals surface area contributed by atoms with Gasteiger partial charge in [0.05, 0.1) is 5.75 Å². The van der Waals surface area contributed by atoms with E-state index < -0.39 is 0 Å². The number of hydrogen-bond donors (Lipinski definition) is 1. The fourth-order valence-electron chi connectivity index (χ4n) is 1.53. The zero-order chi connectivity index (χ0) is 9.68. The predicted octanol–water partition coefficient (Wildman–Crippen LogP) is 0.417. The van der Waals surface area contributed by atoms with Crippen molar-refractivity contribution in [3.05, 3.63) is 0 Å². The maximum Gasteiger partial charge on any atom is 0.232 e. The average Bonchev–Trinajstić information content (AvgIpc) is 2.09. The van der Waals surface area contributed by atoms with Gasteiger partial charge in [-0.15, -0.1) is 0 Å². The first-order valence-corrected chi connectivity index (χ1v) is 5.89. The van der Waals surface area contributed by atoms with E-state index in [4.69, 9.17) is 0 Å². The molecule has 1 amide bonds. The highest BCUT2D eigenvalue weighted by Gasteiger charge is 2.19. The molecular weight excluding hydrogens is 184 g/mol. The van der Waals surface area contributed by atoms with Crippen LogP contribution in [0.25, 0.3) is 0 Å². The predicted molar refractivity (Wildman–Crippen MR) is 57.0 cm³/mol. The molecule has 1 fully saturated rings. The molecule has 1 heterocycles. The second-order valence-corrected chi connectivity index (χ2v) is 4.66. The third-order valence-electron chi connectivity index (χ3n) is 2.17. The van der Waals surface area contributed by atoms with Gasteiger partial charge in [-0.1, -0.05) is 6.92 Å². The second kappa shape index (κ2) is 5.50. The Hall–Kier alpha value is -0.220. The Bertz CT molecular complexity index is 175. The SMILES string of the molecule is CNCC(C)CN1CCSCC1=O.